The first-order valence-electron chi connectivity index (χ1n) is 7.60. The van der Waals surface area contributed by atoms with Crippen LogP contribution in [0.5, 0.6) is 0 Å². The van der Waals surface area contributed by atoms with Gasteiger partial charge in [-0.15, -0.1) is 0 Å². The maximum absolute atomic E-state index is 12.7. The molecule has 0 saturated heterocycles. The maximum Gasteiger partial charge on any atom is 0.420 e. The van der Waals surface area contributed by atoms with Crippen LogP contribution in [0.15, 0.2) is 50.2 Å². The average molecular weight is 421 g/mol. The largest absolute Gasteiger partial charge is 0.420 e. The van der Waals surface area contributed by atoms with Gasteiger partial charge in [-0.1, -0.05) is 0 Å². The second-order valence-corrected chi connectivity index (χ2v) is 6.25. The average Bonchev–Trinajstić information content (AvgIpc) is 2.92. The van der Waals surface area contributed by atoms with Crippen LogP contribution in [0.4, 0.5) is 11.5 Å². The molecule has 0 radical (unpaired) electrons. The zero-order valence-electron chi connectivity index (χ0n) is 13.6. The van der Waals surface area contributed by atoms with Crippen LogP contribution in [0.1, 0.15) is 6.92 Å². The van der Waals surface area contributed by atoms with Gasteiger partial charge in [0.25, 0.3) is 5.69 Å². The molecule has 1 aromatic carbocycles. The minimum atomic E-state index is -0.756. The molecule has 0 aliphatic rings. The summed E-state index contributed by atoms with van der Waals surface area (Å²) in [6.45, 7) is 1.89. The van der Waals surface area contributed by atoms with E-state index in [-0.39, 0.29) is 23.7 Å². The summed E-state index contributed by atoms with van der Waals surface area (Å²) in [5, 5.41) is 10.8. The fourth-order valence-corrected chi connectivity index (χ4v) is 2.77. The number of aromatic nitrogens is 2. The van der Waals surface area contributed by atoms with E-state index in [0.29, 0.717) is 17.9 Å². The molecule has 10 heteroatoms. The summed E-state index contributed by atoms with van der Waals surface area (Å²) in [6, 6.07) is 7.25. The smallest absolute Gasteiger partial charge is 0.407 e. The standard InChI is InChI=1S/C16H13BrN4O5/c1-2-19(14-6-3-10(17)8-18-14)15(22)9-20-12-5-4-11(21(24)25)7-13(12)26-16(20)23/h3-8H,2,9H2,1H3. The van der Waals surface area contributed by atoms with Crippen molar-refractivity contribution in [3.63, 3.8) is 0 Å². The summed E-state index contributed by atoms with van der Waals surface area (Å²) in [7, 11) is 0. The first-order valence-corrected chi connectivity index (χ1v) is 8.39. The highest BCUT2D eigenvalue weighted by Gasteiger charge is 2.20. The molecule has 0 fully saturated rings. The minimum absolute atomic E-state index is 0.0572. The Hall–Kier alpha value is -3.01. The van der Waals surface area contributed by atoms with E-state index in [2.05, 4.69) is 20.9 Å². The molecule has 1 amide bonds. The number of fused-ring (bicyclic) bond motifs is 1. The molecular weight excluding hydrogens is 408 g/mol. The third kappa shape index (κ3) is 3.36. The van der Waals surface area contributed by atoms with E-state index in [1.54, 1.807) is 25.3 Å². The molecule has 0 spiro atoms. The Morgan fingerprint density at radius 2 is 2.15 bits per heavy atom. The number of anilines is 1. The van der Waals surface area contributed by atoms with Gasteiger partial charge in [0.1, 0.15) is 12.4 Å². The lowest BCUT2D eigenvalue weighted by Gasteiger charge is -2.19. The van der Waals surface area contributed by atoms with Crippen molar-refractivity contribution in [2.45, 2.75) is 13.5 Å². The van der Waals surface area contributed by atoms with Gasteiger partial charge in [-0.25, -0.2) is 9.78 Å². The molecule has 0 unspecified atom stereocenters. The zero-order valence-corrected chi connectivity index (χ0v) is 15.2. The molecule has 26 heavy (non-hydrogen) atoms. The Kier molecular flexibility index (Phi) is 4.85. The van der Waals surface area contributed by atoms with Crippen molar-refractivity contribution in [3.8, 4) is 0 Å². The topological polar surface area (TPSA) is 111 Å². The molecule has 0 saturated carbocycles. The number of benzene rings is 1. The summed E-state index contributed by atoms with van der Waals surface area (Å²) in [6.07, 6.45) is 1.57. The molecule has 2 heterocycles. The van der Waals surface area contributed by atoms with E-state index in [9.17, 15) is 19.7 Å². The second-order valence-electron chi connectivity index (χ2n) is 5.34. The SMILES string of the molecule is CCN(C(=O)Cn1c(=O)oc2cc([N+](=O)[O-])ccc21)c1ccc(Br)cn1. The summed E-state index contributed by atoms with van der Waals surface area (Å²) < 4.78 is 6.96. The number of carbonyl (C=O) groups is 1. The van der Waals surface area contributed by atoms with E-state index >= 15 is 0 Å². The van der Waals surface area contributed by atoms with Crippen molar-refractivity contribution in [2.24, 2.45) is 0 Å². The van der Waals surface area contributed by atoms with Crippen LogP contribution in [0.3, 0.4) is 0 Å². The number of hydrogen-bond acceptors (Lipinski definition) is 6. The van der Waals surface area contributed by atoms with Crippen molar-refractivity contribution < 1.29 is 14.1 Å². The molecule has 0 N–H and O–H groups in total. The molecule has 3 rings (SSSR count). The number of hydrogen-bond donors (Lipinski definition) is 0. The number of carbonyl (C=O) groups excluding carboxylic acids is 1. The van der Waals surface area contributed by atoms with Crippen molar-refractivity contribution in [1.82, 2.24) is 9.55 Å². The van der Waals surface area contributed by atoms with Crippen LogP contribution in [0, 0.1) is 10.1 Å². The van der Waals surface area contributed by atoms with Crippen molar-refractivity contribution >= 4 is 44.4 Å². The fourth-order valence-electron chi connectivity index (χ4n) is 2.53. The van der Waals surface area contributed by atoms with Crippen LogP contribution in [0.25, 0.3) is 11.1 Å². The molecule has 0 atom stereocenters. The number of amides is 1. The number of rotatable bonds is 5. The molecule has 0 aliphatic carbocycles. The molecule has 134 valence electrons. The fraction of sp³-hybridized carbons (Fsp3) is 0.188. The Labute approximate surface area is 155 Å². The highest BCUT2D eigenvalue weighted by Crippen LogP contribution is 2.21. The van der Waals surface area contributed by atoms with Gasteiger partial charge in [0.05, 0.1) is 16.5 Å². The van der Waals surface area contributed by atoms with E-state index in [1.807, 2.05) is 0 Å². The third-order valence-corrected chi connectivity index (χ3v) is 4.23. The first kappa shape index (κ1) is 17.8. The monoisotopic (exact) mass is 420 g/mol. The molecule has 3 aromatic rings. The number of likely N-dealkylation sites (N-methyl/N-ethyl adjacent to an activating group) is 1. The Balaban J connectivity index is 1.93. The zero-order chi connectivity index (χ0) is 18.8. The lowest BCUT2D eigenvalue weighted by Crippen LogP contribution is -2.36. The predicted molar refractivity (Wildman–Crippen MR) is 97.1 cm³/mol. The highest BCUT2D eigenvalue weighted by molar-refractivity contribution is 9.10. The minimum Gasteiger partial charge on any atom is -0.407 e. The number of nitrogens with zero attached hydrogens (tertiary/aromatic N) is 4. The van der Waals surface area contributed by atoms with Gasteiger partial charge >= 0.3 is 5.76 Å². The predicted octanol–water partition coefficient (Wildman–Crippen LogP) is 2.71. The van der Waals surface area contributed by atoms with Gasteiger partial charge in [0, 0.05) is 23.3 Å². The number of pyridine rings is 1. The molecule has 9 nitrogen and oxygen atoms in total. The highest BCUT2D eigenvalue weighted by atomic mass is 79.9. The lowest BCUT2D eigenvalue weighted by molar-refractivity contribution is -0.384. The van der Waals surface area contributed by atoms with Crippen molar-refractivity contribution in [3.05, 3.63) is 61.7 Å². The lowest BCUT2D eigenvalue weighted by atomic mass is 10.3. The Bertz CT molecular complexity index is 1040. The van der Waals surface area contributed by atoms with Gasteiger partial charge in [-0.2, -0.15) is 0 Å². The molecule has 0 aliphatic heterocycles. The summed E-state index contributed by atoms with van der Waals surface area (Å²) in [5.41, 5.74) is 0.176. The van der Waals surface area contributed by atoms with Gasteiger partial charge in [-0.3, -0.25) is 24.4 Å². The van der Waals surface area contributed by atoms with E-state index in [4.69, 9.17) is 4.42 Å². The number of halogens is 1. The Morgan fingerprint density at radius 3 is 2.77 bits per heavy atom. The van der Waals surface area contributed by atoms with Crippen molar-refractivity contribution in [1.29, 1.82) is 0 Å². The third-order valence-electron chi connectivity index (χ3n) is 3.76. The number of nitro groups is 1. The molecular formula is C16H13BrN4O5. The van der Waals surface area contributed by atoms with E-state index in [0.717, 1.165) is 15.1 Å². The Morgan fingerprint density at radius 1 is 1.38 bits per heavy atom. The maximum atomic E-state index is 12.7. The second kappa shape index (κ2) is 7.08. The van der Waals surface area contributed by atoms with Gasteiger partial charge in [0.2, 0.25) is 5.91 Å². The van der Waals surface area contributed by atoms with Crippen LogP contribution in [0.2, 0.25) is 0 Å². The quantitative estimate of drug-likeness (QED) is 0.463. The van der Waals surface area contributed by atoms with Gasteiger partial charge in [-0.05, 0) is 41.1 Å². The number of nitro benzene ring substituents is 1. The van der Waals surface area contributed by atoms with E-state index < -0.39 is 10.7 Å². The van der Waals surface area contributed by atoms with Crippen molar-refractivity contribution in [2.75, 3.05) is 11.4 Å². The van der Waals surface area contributed by atoms with Gasteiger partial charge < -0.3 is 4.42 Å². The normalized spacial score (nSPS) is 10.8. The van der Waals surface area contributed by atoms with E-state index in [1.165, 1.54) is 17.0 Å². The van der Waals surface area contributed by atoms with Gasteiger partial charge in [0.15, 0.2) is 5.58 Å². The first-order chi connectivity index (χ1) is 12.4. The molecule has 0 bridgehead atoms. The van der Waals surface area contributed by atoms with Crippen LogP contribution < -0.4 is 10.7 Å². The van der Waals surface area contributed by atoms with Crippen LogP contribution in [-0.2, 0) is 11.3 Å². The summed E-state index contributed by atoms with van der Waals surface area (Å²) in [4.78, 5) is 40.6. The number of non-ortho nitro benzene ring substituents is 1. The number of oxazole rings is 1. The summed E-state index contributed by atoms with van der Waals surface area (Å²) in [5.74, 6) is -0.656. The summed E-state index contributed by atoms with van der Waals surface area (Å²) >= 11 is 3.28. The molecule has 2 aromatic heterocycles. The van der Waals surface area contributed by atoms with Crippen LogP contribution in [-0.4, -0.2) is 26.9 Å². The van der Waals surface area contributed by atoms with Crippen LogP contribution >= 0.6 is 15.9 Å².